The zero-order valence-corrected chi connectivity index (χ0v) is 15.9. The van der Waals surface area contributed by atoms with Crippen LogP contribution >= 0.6 is 0 Å². The van der Waals surface area contributed by atoms with Crippen molar-refractivity contribution in [3.05, 3.63) is 11.8 Å². The molecule has 5 rings (SSSR count). The van der Waals surface area contributed by atoms with Gasteiger partial charge >= 0.3 is 6.03 Å². The van der Waals surface area contributed by atoms with E-state index in [4.69, 9.17) is 4.52 Å². The minimum atomic E-state index is -0.169. The van der Waals surface area contributed by atoms with Gasteiger partial charge in [-0.2, -0.15) is 0 Å². The molecule has 1 unspecified atom stereocenters. The van der Waals surface area contributed by atoms with Crippen LogP contribution < -0.4 is 10.6 Å². The Bertz CT molecular complexity index is 623. The van der Waals surface area contributed by atoms with Crippen molar-refractivity contribution in [3.63, 3.8) is 0 Å². The molecule has 4 aliphatic rings. The lowest BCUT2D eigenvalue weighted by atomic mass is 9.48. The molecule has 0 radical (unpaired) electrons. The first kappa shape index (κ1) is 16.9. The van der Waals surface area contributed by atoms with Crippen LogP contribution in [0.4, 0.5) is 10.6 Å². The Hall–Kier alpha value is -1.52. The SMILES string of the molecule is CC(NC(=O)Nc1cc(C(C)(C)C)on1)C12CC3CC(CC(C3)C1)C2. The summed E-state index contributed by atoms with van der Waals surface area (Å²) in [6.07, 6.45) is 8.14. The van der Waals surface area contributed by atoms with Crippen LogP contribution in [-0.2, 0) is 5.41 Å². The Morgan fingerprint density at radius 1 is 1.20 bits per heavy atom. The number of urea groups is 1. The fraction of sp³-hybridized carbons (Fsp3) is 0.800. The predicted octanol–water partition coefficient (Wildman–Crippen LogP) is 4.70. The third-order valence-corrected chi connectivity index (χ3v) is 6.84. The molecule has 138 valence electrons. The first-order chi connectivity index (χ1) is 11.7. The van der Waals surface area contributed by atoms with Crippen LogP contribution in [0.2, 0.25) is 0 Å². The molecule has 2 amide bonds. The average Bonchev–Trinajstić information content (AvgIpc) is 2.94. The van der Waals surface area contributed by atoms with Crippen LogP contribution in [0, 0.1) is 23.2 Å². The van der Waals surface area contributed by atoms with E-state index in [2.05, 4.69) is 43.5 Å². The number of hydrogen-bond donors (Lipinski definition) is 2. The number of amides is 2. The number of nitrogens with zero attached hydrogens (tertiary/aromatic N) is 1. The van der Waals surface area contributed by atoms with E-state index in [-0.39, 0.29) is 17.5 Å². The summed E-state index contributed by atoms with van der Waals surface area (Å²) in [4.78, 5) is 12.5. The molecule has 0 aromatic carbocycles. The van der Waals surface area contributed by atoms with Gasteiger partial charge in [-0.3, -0.25) is 5.32 Å². The third-order valence-electron chi connectivity index (χ3n) is 6.84. The van der Waals surface area contributed by atoms with Crippen molar-refractivity contribution in [2.75, 3.05) is 5.32 Å². The zero-order valence-electron chi connectivity index (χ0n) is 15.9. The van der Waals surface area contributed by atoms with Gasteiger partial charge in [0.25, 0.3) is 0 Å². The molecule has 25 heavy (non-hydrogen) atoms. The molecular formula is C20H31N3O2. The van der Waals surface area contributed by atoms with Crippen molar-refractivity contribution in [2.24, 2.45) is 23.2 Å². The minimum absolute atomic E-state index is 0.115. The summed E-state index contributed by atoms with van der Waals surface area (Å²) in [5, 5.41) is 10.0. The molecule has 1 aromatic rings. The van der Waals surface area contributed by atoms with Gasteiger partial charge in [-0.15, -0.1) is 0 Å². The van der Waals surface area contributed by atoms with Gasteiger partial charge in [0.05, 0.1) is 0 Å². The molecule has 2 N–H and O–H groups in total. The highest BCUT2D eigenvalue weighted by molar-refractivity contribution is 5.88. The molecule has 4 aliphatic carbocycles. The standard InChI is InChI=1S/C20H31N3O2/c1-12(20-9-13-5-14(10-20)7-15(6-13)11-20)21-18(24)22-17-8-16(25-23-17)19(2,3)4/h8,12-15H,5-7,9-11H2,1-4H3,(H2,21,22,23,24). The fourth-order valence-electron chi connectivity index (χ4n) is 5.90. The van der Waals surface area contributed by atoms with Crippen molar-refractivity contribution in [2.45, 2.75) is 77.7 Å². The number of carbonyl (C=O) groups is 1. The van der Waals surface area contributed by atoms with Gasteiger partial charge in [0.2, 0.25) is 0 Å². The van der Waals surface area contributed by atoms with E-state index in [1.54, 1.807) is 0 Å². The second-order valence-electron chi connectivity index (χ2n) is 9.93. The van der Waals surface area contributed by atoms with E-state index in [0.29, 0.717) is 11.2 Å². The zero-order chi connectivity index (χ0) is 17.8. The minimum Gasteiger partial charge on any atom is -0.359 e. The number of nitrogens with one attached hydrogen (secondary N) is 2. The molecule has 4 fully saturated rings. The molecule has 0 spiro atoms. The normalized spacial score (nSPS) is 34.8. The lowest BCUT2D eigenvalue weighted by Crippen LogP contribution is -2.56. The number of aromatic nitrogens is 1. The first-order valence-corrected chi connectivity index (χ1v) is 9.78. The second kappa shape index (κ2) is 5.75. The maximum absolute atomic E-state index is 12.5. The highest BCUT2D eigenvalue weighted by atomic mass is 16.5. The van der Waals surface area contributed by atoms with E-state index >= 15 is 0 Å². The Labute approximate surface area is 150 Å². The summed E-state index contributed by atoms with van der Waals surface area (Å²) >= 11 is 0. The Morgan fingerprint density at radius 3 is 2.24 bits per heavy atom. The second-order valence-corrected chi connectivity index (χ2v) is 9.93. The molecule has 5 nitrogen and oxygen atoms in total. The highest BCUT2D eigenvalue weighted by Gasteiger charge is 2.53. The van der Waals surface area contributed by atoms with E-state index in [9.17, 15) is 4.79 Å². The molecular weight excluding hydrogens is 314 g/mol. The average molecular weight is 345 g/mol. The molecule has 4 saturated carbocycles. The van der Waals surface area contributed by atoms with Gasteiger partial charge in [0.15, 0.2) is 5.82 Å². The Balaban J connectivity index is 1.39. The molecule has 4 bridgehead atoms. The topological polar surface area (TPSA) is 67.2 Å². The van der Waals surface area contributed by atoms with Crippen LogP contribution in [0.3, 0.4) is 0 Å². The van der Waals surface area contributed by atoms with Gasteiger partial charge in [-0.05, 0) is 68.6 Å². The van der Waals surface area contributed by atoms with Gasteiger partial charge < -0.3 is 9.84 Å². The van der Waals surface area contributed by atoms with Crippen LogP contribution in [0.5, 0.6) is 0 Å². The first-order valence-electron chi connectivity index (χ1n) is 9.78. The number of carbonyl (C=O) groups excluding carboxylic acids is 1. The Morgan fingerprint density at radius 2 is 1.76 bits per heavy atom. The lowest BCUT2D eigenvalue weighted by Gasteiger charge is -2.59. The smallest absolute Gasteiger partial charge is 0.320 e. The maximum atomic E-state index is 12.5. The fourth-order valence-corrected chi connectivity index (χ4v) is 5.90. The van der Waals surface area contributed by atoms with Crippen LogP contribution in [0.15, 0.2) is 10.6 Å². The highest BCUT2D eigenvalue weighted by Crippen LogP contribution is 2.61. The molecule has 0 aliphatic heterocycles. The molecule has 1 heterocycles. The molecule has 5 heteroatoms. The third kappa shape index (κ3) is 3.18. The molecule has 1 atom stereocenters. The van der Waals surface area contributed by atoms with Crippen molar-refractivity contribution < 1.29 is 9.32 Å². The van der Waals surface area contributed by atoms with E-state index in [0.717, 1.165) is 23.5 Å². The van der Waals surface area contributed by atoms with Crippen LogP contribution in [-0.4, -0.2) is 17.2 Å². The van der Waals surface area contributed by atoms with Gasteiger partial charge in [-0.1, -0.05) is 25.9 Å². The number of rotatable bonds is 3. The summed E-state index contributed by atoms with van der Waals surface area (Å²) in [7, 11) is 0. The lowest BCUT2D eigenvalue weighted by molar-refractivity contribution is -0.0680. The Kier molecular flexibility index (Phi) is 3.89. The number of hydrogen-bond acceptors (Lipinski definition) is 3. The quantitative estimate of drug-likeness (QED) is 0.834. The van der Waals surface area contributed by atoms with Gasteiger partial charge in [-0.25, -0.2) is 4.79 Å². The summed E-state index contributed by atoms with van der Waals surface area (Å²) in [6, 6.07) is 1.85. The van der Waals surface area contributed by atoms with Crippen molar-refractivity contribution >= 4 is 11.8 Å². The van der Waals surface area contributed by atoms with E-state index in [1.807, 2.05) is 6.07 Å². The monoisotopic (exact) mass is 345 g/mol. The summed E-state index contributed by atoms with van der Waals surface area (Å²) in [6.45, 7) is 8.38. The van der Waals surface area contributed by atoms with Crippen molar-refractivity contribution in [3.8, 4) is 0 Å². The van der Waals surface area contributed by atoms with Gasteiger partial charge in [0.1, 0.15) is 5.76 Å². The number of anilines is 1. The summed E-state index contributed by atoms with van der Waals surface area (Å²) in [5.41, 5.74) is 0.197. The van der Waals surface area contributed by atoms with Crippen LogP contribution in [0.25, 0.3) is 0 Å². The van der Waals surface area contributed by atoms with Crippen molar-refractivity contribution in [1.29, 1.82) is 0 Å². The van der Waals surface area contributed by atoms with Crippen molar-refractivity contribution in [1.82, 2.24) is 10.5 Å². The largest absolute Gasteiger partial charge is 0.359 e. The molecule has 1 aromatic heterocycles. The van der Waals surface area contributed by atoms with E-state index in [1.165, 1.54) is 38.5 Å². The van der Waals surface area contributed by atoms with E-state index < -0.39 is 0 Å². The summed E-state index contributed by atoms with van der Waals surface area (Å²) < 4.78 is 5.34. The molecule has 0 saturated heterocycles. The maximum Gasteiger partial charge on any atom is 0.320 e. The van der Waals surface area contributed by atoms with Crippen LogP contribution in [0.1, 0.15) is 72.0 Å². The predicted molar refractivity (Wildman–Crippen MR) is 97.4 cm³/mol. The van der Waals surface area contributed by atoms with Gasteiger partial charge in [0, 0.05) is 17.5 Å². The summed E-state index contributed by atoms with van der Waals surface area (Å²) in [5.74, 6) is 3.94.